The first-order valence-electron chi connectivity index (χ1n) is 8.90. The van der Waals surface area contributed by atoms with Crippen molar-refractivity contribution in [1.82, 2.24) is 0 Å². The average Bonchev–Trinajstić information content (AvgIpc) is 2.63. The van der Waals surface area contributed by atoms with Crippen LogP contribution in [0.4, 0.5) is 0 Å². The van der Waals surface area contributed by atoms with Crippen molar-refractivity contribution >= 4 is 0 Å². The Kier molecular flexibility index (Phi) is 5.48. The lowest BCUT2D eigenvalue weighted by Crippen LogP contribution is -2.02. The van der Waals surface area contributed by atoms with E-state index in [4.69, 9.17) is 0 Å². The summed E-state index contributed by atoms with van der Waals surface area (Å²) < 4.78 is 0. The van der Waals surface area contributed by atoms with Crippen molar-refractivity contribution in [2.75, 3.05) is 0 Å². The zero-order chi connectivity index (χ0) is 16.8. The fourth-order valence-corrected chi connectivity index (χ4v) is 3.37. The third-order valence-corrected chi connectivity index (χ3v) is 4.82. The molecule has 0 fully saturated rings. The van der Waals surface area contributed by atoms with Gasteiger partial charge in [0.25, 0.3) is 0 Å². The van der Waals surface area contributed by atoms with E-state index in [2.05, 4.69) is 98.8 Å². The van der Waals surface area contributed by atoms with Gasteiger partial charge in [-0.25, -0.2) is 0 Å². The molecule has 0 amide bonds. The summed E-state index contributed by atoms with van der Waals surface area (Å²) in [5.74, 6) is 1.09. The molecule has 0 nitrogen and oxygen atoms in total. The minimum Gasteiger partial charge on any atom is -0.0622 e. The lowest BCUT2D eigenvalue weighted by Gasteiger charge is -2.16. The van der Waals surface area contributed by atoms with Crippen LogP contribution in [0.15, 0.2) is 84.9 Å². The van der Waals surface area contributed by atoms with Crippen molar-refractivity contribution in [3.63, 3.8) is 0 Å². The first-order valence-corrected chi connectivity index (χ1v) is 8.90. The second kappa shape index (κ2) is 7.97. The van der Waals surface area contributed by atoms with Gasteiger partial charge in [-0.15, -0.1) is 0 Å². The Bertz CT molecular complexity index is 743. The fraction of sp³-hybridized carbons (Fsp3) is 0.250. The highest BCUT2D eigenvalue weighted by Gasteiger charge is 2.10. The molecule has 2 atom stereocenters. The molecule has 3 rings (SSSR count). The zero-order valence-electron chi connectivity index (χ0n) is 14.7. The summed E-state index contributed by atoms with van der Waals surface area (Å²) >= 11 is 0. The van der Waals surface area contributed by atoms with Gasteiger partial charge in [0, 0.05) is 0 Å². The molecule has 0 radical (unpaired) electrons. The third kappa shape index (κ3) is 4.35. The summed E-state index contributed by atoms with van der Waals surface area (Å²) in [5, 5.41) is 0. The molecule has 0 heterocycles. The van der Waals surface area contributed by atoms with Crippen LogP contribution in [0.5, 0.6) is 0 Å². The van der Waals surface area contributed by atoms with E-state index in [1.54, 1.807) is 0 Å². The van der Waals surface area contributed by atoms with Crippen LogP contribution < -0.4 is 0 Å². The normalized spacial score (nSPS) is 13.4. The maximum atomic E-state index is 2.40. The smallest absolute Gasteiger partial charge is 0.0150 e. The van der Waals surface area contributed by atoms with E-state index in [1.165, 1.54) is 22.3 Å². The van der Waals surface area contributed by atoms with Crippen molar-refractivity contribution < 1.29 is 0 Å². The minimum absolute atomic E-state index is 0.541. The molecule has 0 aliphatic rings. The van der Waals surface area contributed by atoms with Gasteiger partial charge < -0.3 is 0 Å². The Balaban J connectivity index is 1.69. The summed E-state index contributed by atoms with van der Waals surface area (Å²) in [6.45, 7) is 4.64. The molecule has 3 aromatic carbocycles. The van der Waals surface area contributed by atoms with E-state index < -0.39 is 0 Å². The molecule has 0 aliphatic carbocycles. The highest BCUT2D eigenvalue weighted by Crippen LogP contribution is 2.25. The fourth-order valence-electron chi connectivity index (χ4n) is 3.37. The largest absolute Gasteiger partial charge is 0.0622 e. The molecule has 0 heteroatoms. The maximum absolute atomic E-state index is 2.40. The van der Waals surface area contributed by atoms with Crippen molar-refractivity contribution in [2.45, 2.75) is 38.5 Å². The van der Waals surface area contributed by atoms with Gasteiger partial charge in [0.2, 0.25) is 0 Å². The quantitative estimate of drug-likeness (QED) is 0.495. The van der Waals surface area contributed by atoms with Crippen LogP contribution in [0.2, 0.25) is 0 Å². The Labute approximate surface area is 146 Å². The third-order valence-electron chi connectivity index (χ3n) is 4.82. The topological polar surface area (TPSA) is 0 Å². The Morgan fingerprint density at radius 3 is 1.75 bits per heavy atom. The van der Waals surface area contributed by atoms with Gasteiger partial charge in [0.1, 0.15) is 0 Å². The monoisotopic (exact) mass is 314 g/mol. The van der Waals surface area contributed by atoms with Gasteiger partial charge in [-0.1, -0.05) is 98.8 Å². The van der Waals surface area contributed by atoms with Crippen LogP contribution in [-0.4, -0.2) is 0 Å². The van der Waals surface area contributed by atoms with E-state index in [0.717, 1.165) is 12.8 Å². The average molecular weight is 314 g/mol. The zero-order valence-corrected chi connectivity index (χ0v) is 14.7. The van der Waals surface area contributed by atoms with E-state index in [9.17, 15) is 0 Å². The van der Waals surface area contributed by atoms with Gasteiger partial charge in [-0.2, -0.15) is 0 Å². The summed E-state index contributed by atoms with van der Waals surface area (Å²) in [5.41, 5.74) is 5.70. The van der Waals surface area contributed by atoms with E-state index in [1.807, 2.05) is 0 Å². The highest BCUT2D eigenvalue weighted by molar-refractivity contribution is 5.30. The van der Waals surface area contributed by atoms with E-state index in [0.29, 0.717) is 11.8 Å². The van der Waals surface area contributed by atoms with Gasteiger partial charge in [-0.3, -0.25) is 0 Å². The lowest BCUT2D eigenvalue weighted by molar-refractivity contribution is 0.740. The predicted octanol–water partition coefficient (Wildman–Crippen LogP) is 6.38. The molecule has 3 aromatic rings. The molecule has 0 aromatic heterocycles. The molecule has 122 valence electrons. The molecule has 0 N–H and O–H groups in total. The molecular weight excluding hydrogens is 288 g/mol. The summed E-state index contributed by atoms with van der Waals surface area (Å²) in [6, 6.07) is 30.7. The molecule has 24 heavy (non-hydrogen) atoms. The van der Waals surface area contributed by atoms with Crippen molar-refractivity contribution in [3.05, 3.63) is 107 Å². The summed E-state index contributed by atoms with van der Waals surface area (Å²) in [7, 11) is 0. The van der Waals surface area contributed by atoms with Crippen molar-refractivity contribution in [3.8, 4) is 0 Å². The predicted molar refractivity (Wildman–Crippen MR) is 104 cm³/mol. The standard InChI is InChI=1S/C24H26/c1-19(23-13-7-4-8-14-23)17-22-12-9-15-24(18-22)20(2)16-21-10-5-3-6-11-21/h3-15,18-20H,16-17H2,1-2H3. The summed E-state index contributed by atoms with van der Waals surface area (Å²) in [6.07, 6.45) is 2.19. The van der Waals surface area contributed by atoms with Crippen LogP contribution in [0.3, 0.4) is 0 Å². The number of rotatable bonds is 6. The SMILES string of the molecule is CC(Cc1cccc(C(C)Cc2ccccc2)c1)c1ccccc1. The molecule has 2 unspecified atom stereocenters. The molecule has 0 saturated carbocycles. The van der Waals surface area contributed by atoms with Gasteiger partial charge in [0.05, 0.1) is 0 Å². The van der Waals surface area contributed by atoms with Crippen molar-refractivity contribution in [2.24, 2.45) is 0 Å². The molecule has 0 aliphatic heterocycles. The van der Waals surface area contributed by atoms with Crippen molar-refractivity contribution in [1.29, 1.82) is 0 Å². The van der Waals surface area contributed by atoms with E-state index in [-0.39, 0.29) is 0 Å². The van der Waals surface area contributed by atoms with Crippen LogP contribution in [-0.2, 0) is 12.8 Å². The summed E-state index contributed by atoms with van der Waals surface area (Å²) in [4.78, 5) is 0. The number of hydrogen-bond acceptors (Lipinski definition) is 0. The van der Waals surface area contributed by atoms with Crippen LogP contribution in [0.25, 0.3) is 0 Å². The van der Waals surface area contributed by atoms with Gasteiger partial charge >= 0.3 is 0 Å². The second-order valence-corrected chi connectivity index (χ2v) is 6.85. The Hall–Kier alpha value is -2.34. The van der Waals surface area contributed by atoms with Crippen LogP contribution in [0.1, 0.15) is 47.9 Å². The first-order chi connectivity index (χ1) is 11.7. The first kappa shape index (κ1) is 16.5. The highest BCUT2D eigenvalue weighted by atomic mass is 14.1. The maximum Gasteiger partial charge on any atom is -0.0150 e. The molecular formula is C24H26. The van der Waals surface area contributed by atoms with Crippen LogP contribution >= 0.6 is 0 Å². The van der Waals surface area contributed by atoms with E-state index >= 15 is 0 Å². The Morgan fingerprint density at radius 2 is 1.04 bits per heavy atom. The van der Waals surface area contributed by atoms with Crippen LogP contribution in [0, 0.1) is 0 Å². The lowest BCUT2D eigenvalue weighted by atomic mass is 9.89. The molecule has 0 saturated heterocycles. The molecule has 0 spiro atoms. The number of hydrogen-bond donors (Lipinski definition) is 0. The van der Waals surface area contributed by atoms with Gasteiger partial charge in [-0.05, 0) is 46.9 Å². The van der Waals surface area contributed by atoms with Gasteiger partial charge in [0.15, 0.2) is 0 Å². The second-order valence-electron chi connectivity index (χ2n) is 6.85. The number of benzene rings is 3. The minimum atomic E-state index is 0.541. The Morgan fingerprint density at radius 1 is 0.542 bits per heavy atom. The molecule has 0 bridgehead atoms.